The summed E-state index contributed by atoms with van der Waals surface area (Å²) in [5.74, 6) is -1.22. The van der Waals surface area contributed by atoms with Crippen LogP contribution in [0, 0.1) is 0 Å². The van der Waals surface area contributed by atoms with Crippen molar-refractivity contribution in [2.45, 2.75) is 6.42 Å². The van der Waals surface area contributed by atoms with E-state index < -0.39 is 5.91 Å². The fraction of sp³-hybridized carbons (Fsp3) is 0.0417. The molecular formula is C24H20N4O3. The Morgan fingerprint density at radius 2 is 1.45 bits per heavy atom. The van der Waals surface area contributed by atoms with E-state index in [9.17, 15) is 14.4 Å². The van der Waals surface area contributed by atoms with Crippen LogP contribution in [0.5, 0.6) is 0 Å². The van der Waals surface area contributed by atoms with Crippen LogP contribution in [0.25, 0.3) is 10.9 Å². The minimum absolute atomic E-state index is 0.108. The molecule has 0 atom stereocenters. The van der Waals surface area contributed by atoms with Crippen LogP contribution in [0.2, 0.25) is 0 Å². The number of hydrazine groups is 1. The second-order valence-corrected chi connectivity index (χ2v) is 6.90. The number of fused-ring (bicyclic) bond motifs is 1. The summed E-state index contributed by atoms with van der Waals surface area (Å²) in [5.41, 5.74) is 7.68. The topological polar surface area (TPSA) is 103 Å². The zero-order valence-corrected chi connectivity index (χ0v) is 16.5. The number of rotatable bonds is 5. The maximum atomic E-state index is 12.6. The lowest BCUT2D eigenvalue weighted by Crippen LogP contribution is -2.42. The van der Waals surface area contributed by atoms with Crippen LogP contribution in [-0.4, -0.2) is 22.7 Å². The molecule has 0 saturated heterocycles. The van der Waals surface area contributed by atoms with Gasteiger partial charge in [0.05, 0.1) is 17.7 Å². The Balaban J connectivity index is 1.39. The van der Waals surface area contributed by atoms with Crippen molar-refractivity contribution in [3.63, 3.8) is 0 Å². The smallest absolute Gasteiger partial charge is 0.271 e. The van der Waals surface area contributed by atoms with Gasteiger partial charge in [-0.25, -0.2) is 0 Å². The van der Waals surface area contributed by atoms with Crippen LogP contribution in [0.3, 0.4) is 0 Å². The number of aromatic nitrogens is 1. The molecule has 0 unspecified atom stereocenters. The molecule has 7 nitrogen and oxygen atoms in total. The quantitative estimate of drug-likeness (QED) is 0.378. The monoisotopic (exact) mass is 412 g/mol. The number of nitrogens with one attached hydrogen (secondary N) is 4. The van der Waals surface area contributed by atoms with Gasteiger partial charge in [0.2, 0.25) is 5.91 Å². The van der Waals surface area contributed by atoms with Gasteiger partial charge in [-0.15, -0.1) is 0 Å². The predicted molar refractivity (Wildman–Crippen MR) is 118 cm³/mol. The van der Waals surface area contributed by atoms with Crippen molar-refractivity contribution < 1.29 is 14.4 Å². The van der Waals surface area contributed by atoms with Crippen LogP contribution in [0.1, 0.15) is 26.3 Å². The summed E-state index contributed by atoms with van der Waals surface area (Å²) in [5, 5.41) is 3.69. The number of benzene rings is 3. The van der Waals surface area contributed by atoms with E-state index in [1.165, 1.54) is 0 Å². The number of hydrogen-bond donors (Lipinski definition) is 4. The van der Waals surface area contributed by atoms with Crippen molar-refractivity contribution in [2.75, 3.05) is 5.32 Å². The summed E-state index contributed by atoms with van der Waals surface area (Å²) < 4.78 is 0. The molecule has 3 aromatic carbocycles. The first-order chi connectivity index (χ1) is 15.1. The number of H-pyrrole nitrogens is 1. The Morgan fingerprint density at radius 3 is 2.29 bits per heavy atom. The molecule has 4 rings (SSSR count). The summed E-state index contributed by atoms with van der Waals surface area (Å²) in [6.45, 7) is 0. The van der Waals surface area contributed by atoms with E-state index >= 15 is 0 Å². The molecule has 3 amide bonds. The highest BCUT2D eigenvalue weighted by Gasteiger charge is 2.15. The number of carbonyl (C=O) groups excluding carboxylic acids is 3. The van der Waals surface area contributed by atoms with E-state index in [2.05, 4.69) is 21.2 Å². The SMILES string of the molecule is O=C(Cc1c[nH]c2ccccc12)NNC(=O)c1ccccc1NC(=O)c1ccccc1. The molecule has 0 aliphatic rings. The second-order valence-electron chi connectivity index (χ2n) is 6.90. The van der Waals surface area contributed by atoms with Gasteiger partial charge in [-0.1, -0.05) is 48.5 Å². The molecule has 0 saturated carbocycles. The van der Waals surface area contributed by atoms with Gasteiger partial charge in [0, 0.05) is 22.7 Å². The Hall–Kier alpha value is -4.39. The standard InChI is InChI=1S/C24H20N4O3/c29-22(14-17-15-25-20-12-6-4-10-18(17)20)27-28-24(31)19-11-5-7-13-21(19)26-23(30)16-8-2-1-3-9-16/h1-13,15,25H,14H2,(H,26,30)(H,27,29)(H,28,31). The molecule has 4 aromatic rings. The Morgan fingerprint density at radius 1 is 0.742 bits per heavy atom. The highest BCUT2D eigenvalue weighted by atomic mass is 16.2. The third-order valence-corrected chi connectivity index (χ3v) is 4.80. The normalized spacial score (nSPS) is 10.5. The van der Waals surface area contributed by atoms with E-state index in [4.69, 9.17) is 0 Å². The van der Waals surface area contributed by atoms with Crippen LogP contribution < -0.4 is 16.2 Å². The van der Waals surface area contributed by atoms with Crippen LogP contribution in [-0.2, 0) is 11.2 Å². The summed E-state index contributed by atoms with van der Waals surface area (Å²) in [6.07, 6.45) is 1.89. The highest BCUT2D eigenvalue weighted by molar-refractivity contribution is 6.09. The van der Waals surface area contributed by atoms with Gasteiger partial charge in [-0.2, -0.15) is 0 Å². The number of hydrogen-bond acceptors (Lipinski definition) is 3. The Labute approximate surface area is 178 Å². The zero-order valence-electron chi connectivity index (χ0n) is 16.5. The van der Waals surface area contributed by atoms with Gasteiger partial charge in [0.1, 0.15) is 0 Å². The molecule has 0 bridgehead atoms. The van der Waals surface area contributed by atoms with E-state index in [-0.39, 0.29) is 23.8 Å². The number of para-hydroxylation sites is 2. The van der Waals surface area contributed by atoms with Crippen molar-refractivity contribution >= 4 is 34.3 Å². The van der Waals surface area contributed by atoms with Crippen LogP contribution in [0.4, 0.5) is 5.69 Å². The largest absolute Gasteiger partial charge is 0.361 e. The first-order valence-corrected chi connectivity index (χ1v) is 9.71. The summed E-state index contributed by atoms with van der Waals surface area (Å²) in [4.78, 5) is 40.5. The predicted octanol–water partition coefficient (Wildman–Crippen LogP) is 3.42. The Kier molecular flexibility index (Phi) is 5.75. The van der Waals surface area contributed by atoms with E-state index in [1.807, 2.05) is 30.3 Å². The van der Waals surface area contributed by atoms with Crippen molar-refractivity contribution in [3.8, 4) is 0 Å². The minimum Gasteiger partial charge on any atom is -0.361 e. The molecule has 31 heavy (non-hydrogen) atoms. The van der Waals surface area contributed by atoms with E-state index in [0.717, 1.165) is 16.5 Å². The molecule has 0 fully saturated rings. The molecular weight excluding hydrogens is 392 g/mol. The first-order valence-electron chi connectivity index (χ1n) is 9.71. The molecule has 0 spiro atoms. The zero-order chi connectivity index (χ0) is 21.6. The van der Waals surface area contributed by atoms with E-state index in [0.29, 0.717) is 11.3 Å². The maximum absolute atomic E-state index is 12.6. The number of carbonyl (C=O) groups is 3. The van der Waals surface area contributed by atoms with Gasteiger partial charge < -0.3 is 10.3 Å². The molecule has 0 radical (unpaired) electrons. The lowest BCUT2D eigenvalue weighted by molar-refractivity contribution is -0.121. The van der Waals surface area contributed by atoms with Crippen molar-refractivity contribution in [2.24, 2.45) is 0 Å². The maximum Gasteiger partial charge on any atom is 0.271 e. The van der Waals surface area contributed by atoms with E-state index in [1.54, 1.807) is 54.7 Å². The fourth-order valence-corrected chi connectivity index (χ4v) is 3.26. The van der Waals surface area contributed by atoms with Gasteiger partial charge >= 0.3 is 0 Å². The number of aromatic amines is 1. The summed E-state index contributed by atoms with van der Waals surface area (Å²) in [6, 6.07) is 23.0. The minimum atomic E-state index is -0.531. The summed E-state index contributed by atoms with van der Waals surface area (Å²) >= 11 is 0. The van der Waals surface area contributed by atoms with Crippen LogP contribution in [0.15, 0.2) is 85.1 Å². The third kappa shape index (κ3) is 4.62. The lowest BCUT2D eigenvalue weighted by Gasteiger charge is -2.12. The van der Waals surface area contributed by atoms with Crippen molar-refractivity contribution in [1.82, 2.24) is 15.8 Å². The molecule has 1 heterocycles. The van der Waals surface area contributed by atoms with Crippen LogP contribution >= 0.6 is 0 Å². The number of amides is 3. The average molecular weight is 412 g/mol. The first kappa shape index (κ1) is 19.9. The van der Waals surface area contributed by atoms with Gasteiger partial charge in [0.25, 0.3) is 11.8 Å². The highest BCUT2D eigenvalue weighted by Crippen LogP contribution is 2.18. The van der Waals surface area contributed by atoms with Gasteiger partial charge in [-0.05, 0) is 35.9 Å². The van der Waals surface area contributed by atoms with Gasteiger partial charge in [0.15, 0.2) is 0 Å². The van der Waals surface area contributed by atoms with Crippen molar-refractivity contribution in [1.29, 1.82) is 0 Å². The molecule has 7 heteroatoms. The fourth-order valence-electron chi connectivity index (χ4n) is 3.26. The second kappa shape index (κ2) is 8.96. The number of anilines is 1. The van der Waals surface area contributed by atoms with Crippen molar-refractivity contribution in [3.05, 3.63) is 102 Å². The molecule has 1 aromatic heterocycles. The van der Waals surface area contributed by atoms with Gasteiger partial charge in [-0.3, -0.25) is 25.2 Å². The average Bonchev–Trinajstić information content (AvgIpc) is 3.21. The lowest BCUT2D eigenvalue weighted by atomic mass is 10.1. The molecule has 154 valence electrons. The molecule has 0 aliphatic carbocycles. The molecule has 4 N–H and O–H groups in total. The Bertz CT molecular complexity index is 1250. The third-order valence-electron chi connectivity index (χ3n) is 4.80. The molecule has 0 aliphatic heterocycles. The summed E-state index contributed by atoms with van der Waals surface area (Å²) in [7, 11) is 0.